The van der Waals surface area contributed by atoms with E-state index in [2.05, 4.69) is 43.3 Å². The number of nitrogens with one attached hydrogen (secondary N) is 1. The van der Waals surface area contributed by atoms with E-state index in [0.717, 1.165) is 31.8 Å². The van der Waals surface area contributed by atoms with Gasteiger partial charge in [0, 0.05) is 18.8 Å². The fourth-order valence-electron chi connectivity index (χ4n) is 1.64. The summed E-state index contributed by atoms with van der Waals surface area (Å²) < 4.78 is 7.38. The van der Waals surface area contributed by atoms with E-state index in [4.69, 9.17) is 4.74 Å². The van der Waals surface area contributed by atoms with Crippen molar-refractivity contribution >= 4 is 0 Å². The molecule has 18 heavy (non-hydrogen) atoms. The van der Waals surface area contributed by atoms with Crippen molar-refractivity contribution in [3.05, 3.63) is 11.9 Å². The molecule has 0 bridgehead atoms. The fraction of sp³-hybridized carbons (Fsp3) is 0.846. The lowest BCUT2D eigenvalue weighted by molar-refractivity contribution is 0.124. The van der Waals surface area contributed by atoms with Gasteiger partial charge in [-0.2, -0.15) is 0 Å². The Labute approximate surface area is 110 Å². The van der Waals surface area contributed by atoms with E-state index < -0.39 is 0 Å². The molecule has 1 N–H and O–H groups in total. The molecule has 0 amide bonds. The van der Waals surface area contributed by atoms with Gasteiger partial charge in [-0.3, -0.25) is 0 Å². The molecule has 1 heterocycles. The highest BCUT2D eigenvalue weighted by atomic mass is 16.5. The Morgan fingerprint density at radius 1 is 1.28 bits per heavy atom. The summed E-state index contributed by atoms with van der Waals surface area (Å²) in [7, 11) is 0. The Balaban J connectivity index is 2.10. The van der Waals surface area contributed by atoms with Gasteiger partial charge in [-0.05, 0) is 12.3 Å². The molecule has 5 heteroatoms. The van der Waals surface area contributed by atoms with Crippen LogP contribution in [0, 0.1) is 5.92 Å². The highest BCUT2D eigenvalue weighted by Gasteiger charge is 2.03. The summed E-state index contributed by atoms with van der Waals surface area (Å²) in [5.74, 6) is 0.619. The van der Waals surface area contributed by atoms with Crippen molar-refractivity contribution in [1.82, 2.24) is 20.3 Å². The minimum absolute atomic E-state index is 0.516. The van der Waals surface area contributed by atoms with Crippen LogP contribution in [0.1, 0.15) is 33.4 Å². The van der Waals surface area contributed by atoms with Gasteiger partial charge in [0.1, 0.15) is 0 Å². The van der Waals surface area contributed by atoms with Crippen LogP contribution in [0.2, 0.25) is 0 Å². The van der Waals surface area contributed by atoms with Crippen molar-refractivity contribution in [3.8, 4) is 0 Å². The Morgan fingerprint density at radius 2 is 2.06 bits per heavy atom. The third-order valence-electron chi connectivity index (χ3n) is 2.47. The van der Waals surface area contributed by atoms with E-state index in [1.807, 2.05) is 10.9 Å². The molecule has 0 aliphatic heterocycles. The lowest BCUT2D eigenvalue weighted by atomic mass is 10.1. The largest absolute Gasteiger partial charge is 0.378 e. The van der Waals surface area contributed by atoms with Crippen LogP contribution in [0.5, 0.6) is 0 Å². The lowest BCUT2D eigenvalue weighted by Crippen LogP contribution is -2.27. The molecule has 0 spiro atoms. The van der Waals surface area contributed by atoms with Crippen molar-refractivity contribution in [2.24, 2.45) is 5.92 Å². The summed E-state index contributed by atoms with van der Waals surface area (Å²) in [5, 5.41) is 11.5. The Bertz CT molecular complexity index is 323. The smallest absolute Gasteiger partial charge is 0.0829 e. The van der Waals surface area contributed by atoms with Crippen LogP contribution in [0.3, 0.4) is 0 Å². The summed E-state index contributed by atoms with van der Waals surface area (Å²) in [6.45, 7) is 11.7. The van der Waals surface area contributed by atoms with Gasteiger partial charge < -0.3 is 10.1 Å². The molecule has 5 nitrogen and oxygen atoms in total. The van der Waals surface area contributed by atoms with Crippen molar-refractivity contribution in [1.29, 1.82) is 0 Å². The summed E-state index contributed by atoms with van der Waals surface area (Å²) in [6, 6.07) is 0.516. The van der Waals surface area contributed by atoms with Crippen LogP contribution in [0.15, 0.2) is 6.20 Å². The number of hydrogen-bond acceptors (Lipinski definition) is 4. The molecule has 0 saturated carbocycles. The molecule has 1 rings (SSSR count). The maximum Gasteiger partial charge on any atom is 0.0829 e. The third-order valence-corrected chi connectivity index (χ3v) is 2.47. The first-order valence-electron chi connectivity index (χ1n) is 6.78. The van der Waals surface area contributed by atoms with Crippen LogP contribution < -0.4 is 5.32 Å². The van der Waals surface area contributed by atoms with E-state index in [9.17, 15) is 0 Å². The normalized spacial score (nSPS) is 11.7. The SMILES string of the molecule is CC(C)Cc1cn(CCOCCNC(C)C)nn1. The first-order valence-corrected chi connectivity index (χ1v) is 6.78. The topological polar surface area (TPSA) is 52.0 Å². The van der Waals surface area contributed by atoms with Gasteiger partial charge in [-0.25, -0.2) is 4.68 Å². The van der Waals surface area contributed by atoms with Crippen molar-refractivity contribution in [3.63, 3.8) is 0 Å². The van der Waals surface area contributed by atoms with Gasteiger partial charge >= 0.3 is 0 Å². The molecular formula is C13H26N4O. The third kappa shape index (κ3) is 6.71. The molecule has 0 fully saturated rings. The van der Waals surface area contributed by atoms with Gasteiger partial charge in [0.25, 0.3) is 0 Å². The molecule has 0 unspecified atom stereocenters. The van der Waals surface area contributed by atoms with Gasteiger partial charge in [0.15, 0.2) is 0 Å². The summed E-state index contributed by atoms with van der Waals surface area (Å²) in [4.78, 5) is 0. The van der Waals surface area contributed by atoms with Gasteiger partial charge in [0.2, 0.25) is 0 Å². The molecule has 104 valence electrons. The predicted octanol–water partition coefficient (Wildman–Crippen LogP) is 1.49. The Hall–Kier alpha value is -0.940. The summed E-state index contributed by atoms with van der Waals surface area (Å²) >= 11 is 0. The molecule has 1 aromatic heterocycles. The van der Waals surface area contributed by atoms with Crippen LogP contribution in [-0.2, 0) is 17.7 Å². The zero-order chi connectivity index (χ0) is 13.4. The first-order chi connectivity index (χ1) is 8.58. The number of aromatic nitrogens is 3. The number of rotatable bonds is 9. The number of ether oxygens (including phenoxy) is 1. The summed E-state index contributed by atoms with van der Waals surface area (Å²) in [6.07, 6.45) is 2.99. The van der Waals surface area contributed by atoms with Crippen LogP contribution in [-0.4, -0.2) is 40.8 Å². The molecule has 0 aromatic carbocycles. The predicted molar refractivity (Wildman–Crippen MR) is 72.5 cm³/mol. The van der Waals surface area contributed by atoms with Gasteiger partial charge in [0.05, 0.1) is 25.5 Å². The second-order valence-corrected chi connectivity index (χ2v) is 5.29. The minimum Gasteiger partial charge on any atom is -0.378 e. The second-order valence-electron chi connectivity index (χ2n) is 5.29. The van der Waals surface area contributed by atoms with E-state index in [1.165, 1.54) is 0 Å². The van der Waals surface area contributed by atoms with Crippen molar-refractivity contribution in [2.45, 2.75) is 46.7 Å². The van der Waals surface area contributed by atoms with Crippen LogP contribution in [0.25, 0.3) is 0 Å². The lowest BCUT2D eigenvalue weighted by Gasteiger charge is -2.08. The van der Waals surface area contributed by atoms with Crippen molar-refractivity contribution < 1.29 is 4.74 Å². The van der Waals surface area contributed by atoms with Crippen LogP contribution in [0.4, 0.5) is 0 Å². The monoisotopic (exact) mass is 254 g/mol. The number of nitrogens with zero attached hydrogens (tertiary/aromatic N) is 3. The maximum atomic E-state index is 5.53. The van der Waals surface area contributed by atoms with E-state index in [1.54, 1.807) is 0 Å². The molecule has 0 aliphatic rings. The van der Waals surface area contributed by atoms with Gasteiger partial charge in [-0.15, -0.1) is 5.10 Å². The molecule has 0 atom stereocenters. The van der Waals surface area contributed by atoms with E-state index >= 15 is 0 Å². The minimum atomic E-state index is 0.516. The molecule has 0 radical (unpaired) electrons. The molecule has 0 aliphatic carbocycles. The highest BCUT2D eigenvalue weighted by Crippen LogP contribution is 2.03. The van der Waals surface area contributed by atoms with E-state index in [-0.39, 0.29) is 0 Å². The highest BCUT2D eigenvalue weighted by molar-refractivity contribution is 4.92. The average molecular weight is 254 g/mol. The van der Waals surface area contributed by atoms with Crippen molar-refractivity contribution in [2.75, 3.05) is 19.8 Å². The second kappa shape index (κ2) is 8.21. The quantitative estimate of drug-likeness (QED) is 0.678. The van der Waals surface area contributed by atoms with E-state index in [0.29, 0.717) is 18.6 Å². The number of hydrogen-bond donors (Lipinski definition) is 1. The van der Waals surface area contributed by atoms with Crippen LogP contribution >= 0.6 is 0 Å². The maximum absolute atomic E-state index is 5.53. The molecular weight excluding hydrogens is 228 g/mol. The zero-order valence-electron chi connectivity index (χ0n) is 12.0. The first kappa shape index (κ1) is 15.1. The Morgan fingerprint density at radius 3 is 2.72 bits per heavy atom. The standard InChI is InChI=1S/C13H26N4O/c1-11(2)9-13-10-17(16-15-13)6-8-18-7-5-14-12(3)4/h10-12,14H,5-9H2,1-4H3. The molecule has 0 saturated heterocycles. The zero-order valence-corrected chi connectivity index (χ0v) is 12.0. The fourth-order valence-corrected chi connectivity index (χ4v) is 1.64. The molecule has 1 aromatic rings. The average Bonchev–Trinajstić information content (AvgIpc) is 2.69. The Kier molecular flexibility index (Phi) is 6.90. The van der Waals surface area contributed by atoms with Gasteiger partial charge in [-0.1, -0.05) is 32.9 Å². The summed E-state index contributed by atoms with van der Waals surface area (Å²) in [5.41, 5.74) is 1.06.